The van der Waals surface area contributed by atoms with Gasteiger partial charge in [0.25, 0.3) is 0 Å². The van der Waals surface area contributed by atoms with Crippen LogP contribution in [0.3, 0.4) is 0 Å². The molecule has 0 unspecified atom stereocenters. The monoisotopic (exact) mass is 622 g/mol. The first-order chi connectivity index (χ1) is 22.2. The van der Waals surface area contributed by atoms with E-state index in [4.69, 9.17) is 6.58 Å². The Hall–Kier alpha value is -3.35. The first kappa shape index (κ1) is 30.0. The van der Waals surface area contributed by atoms with Crippen LogP contribution in [0, 0.1) is 52.8 Å². The number of nitrogens with zero attached hydrogens (tertiary/aromatic N) is 1. The van der Waals surface area contributed by atoms with Crippen molar-refractivity contribution in [2.45, 2.75) is 68.3 Å². The molecule has 11 atom stereocenters. The maximum absolute atomic E-state index is 12.9. The highest BCUT2D eigenvalue weighted by Crippen LogP contribution is 2.74. The quantitative estimate of drug-likeness (QED) is 0.0835. The van der Waals surface area contributed by atoms with E-state index in [0.29, 0.717) is 38.2 Å². The molecule has 1 aromatic heterocycles. The smallest absolute Gasteiger partial charge is 0.191 e. The van der Waals surface area contributed by atoms with E-state index in [9.17, 15) is 20.4 Å². The van der Waals surface area contributed by atoms with Gasteiger partial charge in [-0.15, -0.1) is 0 Å². The summed E-state index contributed by atoms with van der Waals surface area (Å²) in [7, 11) is 1.69. The summed E-state index contributed by atoms with van der Waals surface area (Å²) in [6.45, 7) is 5.52. The molecule has 8 rings (SSSR count). The van der Waals surface area contributed by atoms with Gasteiger partial charge in [-0.25, -0.2) is 0 Å². The van der Waals surface area contributed by atoms with E-state index in [0.717, 1.165) is 29.6 Å². The minimum atomic E-state index is -1.46. The molecule has 0 saturated heterocycles. The Morgan fingerprint density at radius 2 is 1.96 bits per heavy atom. The van der Waals surface area contributed by atoms with Crippen LogP contribution in [0.4, 0.5) is 0 Å². The molecule has 6 aliphatic carbocycles. The number of aliphatic hydroxyl groups excluding tert-OH is 2. The number of benzene rings is 1. The van der Waals surface area contributed by atoms with Crippen molar-refractivity contribution in [2.75, 3.05) is 20.2 Å². The highest BCUT2D eigenvalue weighted by molar-refractivity contribution is 5.81. The van der Waals surface area contributed by atoms with Gasteiger partial charge in [-0.3, -0.25) is 4.99 Å². The zero-order chi connectivity index (χ0) is 31.8. The van der Waals surface area contributed by atoms with Crippen LogP contribution in [0.25, 0.3) is 10.9 Å². The van der Waals surface area contributed by atoms with Gasteiger partial charge in [-0.2, -0.15) is 0 Å². The summed E-state index contributed by atoms with van der Waals surface area (Å²) >= 11 is 0. The number of fused-ring (bicyclic) bond motifs is 2. The fraction of sp³-hybridized carbons (Fsp3) is 0.553. The molecule has 7 N–H and O–H groups in total. The Labute approximate surface area is 270 Å². The number of allylic oxidation sites excluding steroid dienone is 4. The van der Waals surface area contributed by atoms with Crippen molar-refractivity contribution >= 4 is 16.9 Å². The van der Waals surface area contributed by atoms with Crippen molar-refractivity contribution in [1.29, 1.82) is 0 Å². The normalized spacial score (nSPS) is 41.6. The first-order valence-electron chi connectivity index (χ1n) is 17.1. The van der Waals surface area contributed by atoms with Gasteiger partial charge in [0.2, 0.25) is 0 Å². The van der Waals surface area contributed by atoms with E-state index in [-0.39, 0.29) is 48.5 Å². The molecule has 8 heteroatoms. The van der Waals surface area contributed by atoms with Crippen LogP contribution in [0.1, 0.15) is 44.2 Å². The number of aromatic nitrogens is 1. The van der Waals surface area contributed by atoms with E-state index in [1.807, 2.05) is 6.07 Å². The molecular weight excluding hydrogens is 576 g/mol. The highest BCUT2D eigenvalue weighted by Gasteiger charge is 2.75. The van der Waals surface area contributed by atoms with Gasteiger partial charge in [0, 0.05) is 61.5 Å². The van der Waals surface area contributed by atoms with Gasteiger partial charge in [0.15, 0.2) is 5.96 Å². The molecule has 1 aromatic carbocycles. The number of rotatable bonds is 7. The third-order valence-electron chi connectivity index (χ3n) is 12.8. The summed E-state index contributed by atoms with van der Waals surface area (Å²) in [5.41, 5.74) is 1.56. The molecule has 0 spiro atoms. The Morgan fingerprint density at radius 3 is 2.76 bits per heavy atom. The summed E-state index contributed by atoms with van der Waals surface area (Å²) < 4.78 is 0. The van der Waals surface area contributed by atoms with E-state index < -0.39 is 28.8 Å². The predicted octanol–water partition coefficient (Wildman–Crippen LogP) is 3.21. The largest absolute Gasteiger partial charge is 0.396 e. The van der Waals surface area contributed by atoms with Gasteiger partial charge >= 0.3 is 0 Å². The molecule has 2 aromatic rings. The first-order valence-corrected chi connectivity index (χ1v) is 17.1. The summed E-state index contributed by atoms with van der Waals surface area (Å²) in [6.07, 6.45) is 9.84. The molecule has 6 aliphatic rings. The van der Waals surface area contributed by atoms with Crippen LogP contribution < -0.4 is 10.6 Å². The van der Waals surface area contributed by atoms with Gasteiger partial charge in [0.1, 0.15) is 0 Å². The van der Waals surface area contributed by atoms with Crippen LogP contribution in [0.5, 0.6) is 0 Å². The molecule has 3 saturated carbocycles. The summed E-state index contributed by atoms with van der Waals surface area (Å²) in [5.74, 6) is 7.06. The van der Waals surface area contributed by atoms with Crippen molar-refractivity contribution in [3.63, 3.8) is 0 Å². The Balaban J connectivity index is 1.29. The van der Waals surface area contributed by atoms with Crippen LogP contribution in [0.15, 0.2) is 71.3 Å². The lowest BCUT2D eigenvalue weighted by atomic mass is 9.43. The number of H-pyrrole nitrogens is 1. The molecular formula is C38H46N4O4. The summed E-state index contributed by atoms with van der Waals surface area (Å²) in [5, 5.41) is 54.7. The molecule has 3 fully saturated rings. The van der Waals surface area contributed by atoms with Crippen molar-refractivity contribution in [3.05, 3.63) is 72.0 Å². The summed E-state index contributed by atoms with van der Waals surface area (Å²) in [4.78, 5) is 8.02. The number of para-hydroxylation sites is 1. The topological polar surface area (TPSA) is 133 Å². The van der Waals surface area contributed by atoms with Crippen molar-refractivity contribution < 1.29 is 20.4 Å². The maximum Gasteiger partial charge on any atom is 0.191 e. The second-order valence-corrected chi connectivity index (χ2v) is 14.7. The summed E-state index contributed by atoms with van der Waals surface area (Å²) in [6, 6.07) is 10.0. The third-order valence-corrected chi connectivity index (χ3v) is 12.8. The number of nitrogens with one attached hydrogen (secondary N) is 3. The van der Waals surface area contributed by atoms with Crippen molar-refractivity contribution in [3.8, 4) is 11.8 Å². The Bertz CT molecular complexity index is 1680. The minimum absolute atomic E-state index is 0.00455. The second-order valence-electron chi connectivity index (χ2n) is 14.7. The van der Waals surface area contributed by atoms with Gasteiger partial charge in [-0.05, 0) is 78.9 Å². The molecule has 46 heavy (non-hydrogen) atoms. The lowest BCUT2D eigenvalue weighted by Crippen LogP contribution is -2.59. The minimum Gasteiger partial charge on any atom is -0.396 e. The van der Waals surface area contributed by atoms with E-state index >= 15 is 0 Å². The number of aliphatic imine (C=N–C) groups is 1. The number of guanidine groups is 1. The number of aliphatic hydroxyl groups is 4. The number of aromatic amines is 1. The predicted molar refractivity (Wildman–Crippen MR) is 178 cm³/mol. The van der Waals surface area contributed by atoms with E-state index in [2.05, 4.69) is 74.9 Å². The van der Waals surface area contributed by atoms with Crippen molar-refractivity contribution in [1.82, 2.24) is 15.6 Å². The van der Waals surface area contributed by atoms with Crippen LogP contribution in [-0.4, -0.2) is 74.9 Å². The van der Waals surface area contributed by atoms with Crippen LogP contribution in [-0.2, 0) is 6.42 Å². The fourth-order valence-electron chi connectivity index (χ4n) is 11.2. The molecule has 8 nitrogen and oxygen atoms in total. The van der Waals surface area contributed by atoms with Gasteiger partial charge < -0.3 is 36.0 Å². The molecule has 0 radical (unpaired) electrons. The van der Waals surface area contributed by atoms with Crippen molar-refractivity contribution in [2.24, 2.45) is 45.9 Å². The zero-order valence-corrected chi connectivity index (χ0v) is 26.5. The average Bonchev–Trinajstić information content (AvgIpc) is 3.53. The maximum atomic E-state index is 12.9. The van der Waals surface area contributed by atoms with E-state index in [1.54, 1.807) is 7.05 Å². The lowest BCUT2D eigenvalue weighted by Gasteiger charge is -2.61. The van der Waals surface area contributed by atoms with Crippen LogP contribution >= 0.6 is 0 Å². The average molecular weight is 623 g/mol. The van der Waals surface area contributed by atoms with E-state index in [1.165, 1.54) is 11.0 Å². The molecule has 6 bridgehead atoms. The fourth-order valence-corrected chi connectivity index (χ4v) is 11.2. The number of hydrogen-bond acceptors (Lipinski definition) is 5. The Kier molecular flexibility index (Phi) is 7.08. The standard InChI is InChI=1S/C38H46N4O4/c1-22(18-27-19-24-6-3-4-7-31(24)41-27)38-25-9-8-23-14-15-36(45)28(33(23)38)12-13-29(38)34-30(36)20-32(44)37(34,46)21-26(11-10-25)42-35(39-2)40-16-5-17-43/h3-4,6-9,14,19,25-26,28-30,32-34,41,43-46H,1,5,12-13,15-18,20-21H2,2H3,(H2,39,40,42)/t25-,26-,28+,29+,30-,32-,33+,34-,36-,37-,38-/m0/s1. The van der Waals surface area contributed by atoms with Crippen LogP contribution in [0.2, 0.25) is 0 Å². The zero-order valence-electron chi connectivity index (χ0n) is 26.5. The SMILES string of the molecule is C=C(Cc1cc2ccccc2[nH]1)[C@]12[C@@H]3C#C[C@H](NC(=NC)NCCCO)C[C@@]4(O)[C@H]5[C@H]1CC[C@@H]1[C@H]2C(=CC[C@@]1(O)[C@H]5C[C@@H]4O)C=C3. The molecule has 0 amide bonds. The second kappa shape index (κ2) is 10.8. The number of hydrogen-bond donors (Lipinski definition) is 7. The van der Waals surface area contributed by atoms with Gasteiger partial charge in [-0.1, -0.05) is 60.4 Å². The Morgan fingerprint density at radius 1 is 1.13 bits per heavy atom. The molecule has 242 valence electrons. The lowest BCUT2D eigenvalue weighted by molar-refractivity contribution is -0.128. The van der Waals surface area contributed by atoms with Gasteiger partial charge in [0.05, 0.1) is 23.3 Å². The third kappa shape index (κ3) is 4.11. The molecule has 0 aliphatic heterocycles. The highest BCUT2D eigenvalue weighted by atomic mass is 16.3. The molecule has 1 heterocycles.